The van der Waals surface area contributed by atoms with Gasteiger partial charge in [-0.1, -0.05) is 18.2 Å². The van der Waals surface area contributed by atoms with Crippen LogP contribution in [0, 0.1) is 5.92 Å². The zero-order chi connectivity index (χ0) is 19.1. The Bertz CT molecular complexity index is 766. The molecule has 3 amide bonds. The Hall–Kier alpha value is -2.57. The average molecular weight is 403 g/mol. The van der Waals surface area contributed by atoms with E-state index >= 15 is 0 Å². The predicted molar refractivity (Wildman–Crippen MR) is 115 cm³/mol. The van der Waals surface area contributed by atoms with Crippen LogP contribution >= 0.6 is 12.4 Å². The van der Waals surface area contributed by atoms with Crippen LogP contribution in [-0.2, 0) is 0 Å². The molecule has 2 aromatic rings. The highest BCUT2D eigenvalue weighted by atomic mass is 35.5. The Morgan fingerprint density at radius 3 is 2.29 bits per heavy atom. The summed E-state index contributed by atoms with van der Waals surface area (Å²) in [5.41, 5.74) is 2.02. The number of urea groups is 1. The SMILES string of the molecule is CNCC1CCCN(C(=O)c2ccc(NC(=O)Nc3ccccc3)cc2)C1.Cl. The monoisotopic (exact) mass is 402 g/mol. The van der Waals surface area contributed by atoms with Crippen molar-refractivity contribution in [1.82, 2.24) is 10.2 Å². The van der Waals surface area contributed by atoms with Gasteiger partial charge in [0.05, 0.1) is 0 Å². The second kappa shape index (κ2) is 10.7. The molecule has 1 saturated heterocycles. The van der Waals surface area contributed by atoms with Gasteiger partial charge in [-0.3, -0.25) is 4.79 Å². The summed E-state index contributed by atoms with van der Waals surface area (Å²) in [5.74, 6) is 0.561. The van der Waals surface area contributed by atoms with Crippen molar-refractivity contribution in [3.63, 3.8) is 0 Å². The maximum Gasteiger partial charge on any atom is 0.323 e. The lowest BCUT2D eigenvalue weighted by molar-refractivity contribution is 0.0674. The van der Waals surface area contributed by atoms with Crippen LogP contribution in [0.25, 0.3) is 0 Å². The minimum Gasteiger partial charge on any atom is -0.338 e. The van der Waals surface area contributed by atoms with Crippen molar-refractivity contribution in [3.8, 4) is 0 Å². The summed E-state index contributed by atoms with van der Waals surface area (Å²) < 4.78 is 0. The normalized spacial score (nSPS) is 16.0. The van der Waals surface area contributed by atoms with Crippen molar-refractivity contribution >= 4 is 35.7 Å². The minimum absolute atomic E-state index is 0. The van der Waals surface area contributed by atoms with Gasteiger partial charge < -0.3 is 20.9 Å². The first-order valence-electron chi connectivity index (χ1n) is 9.32. The number of rotatable bonds is 5. The van der Waals surface area contributed by atoms with Gasteiger partial charge in [0.1, 0.15) is 0 Å². The van der Waals surface area contributed by atoms with Crippen LogP contribution in [0.15, 0.2) is 54.6 Å². The Kier molecular flexibility index (Phi) is 8.29. The maximum atomic E-state index is 12.7. The lowest BCUT2D eigenvalue weighted by Crippen LogP contribution is -2.42. The molecule has 6 nitrogen and oxygen atoms in total. The molecular formula is C21H27ClN4O2. The standard InChI is InChI=1S/C21H26N4O2.ClH/c1-22-14-16-6-5-13-25(15-16)20(26)17-9-11-19(12-10-17)24-21(27)23-18-7-3-2-4-8-18;/h2-4,7-12,16,22H,5-6,13-15H2,1H3,(H2,23,24,27);1H. The molecule has 1 aliphatic heterocycles. The van der Waals surface area contributed by atoms with Crippen molar-refractivity contribution in [2.24, 2.45) is 5.92 Å². The van der Waals surface area contributed by atoms with E-state index in [1.165, 1.54) is 0 Å². The van der Waals surface area contributed by atoms with Gasteiger partial charge in [-0.2, -0.15) is 0 Å². The van der Waals surface area contributed by atoms with Gasteiger partial charge in [-0.15, -0.1) is 12.4 Å². The largest absolute Gasteiger partial charge is 0.338 e. The molecule has 0 aromatic heterocycles. The number of halogens is 1. The fraction of sp³-hybridized carbons (Fsp3) is 0.333. The summed E-state index contributed by atoms with van der Waals surface area (Å²) in [6, 6.07) is 16.0. The molecule has 1 aliphatic rings. The lowest BCUT2D eigenvalue weighted by Gasteiger charge is -2.32. The third-order valence-electron chi connectivity index (χ3n) is 4.72. The molecule has 0 radical (unpaired) electrons. The molecular weight excluding hydrogens is 376 g/mol. The molecule has 2 aromatic carbocycles. The number of nitrogens with zero attached hydrogens (tertiary/aromatic N) is 1. The first-order chi connectivity index (χ1) is 13.2. The number of para-hydroxylation sites is 1. The lowest BCUT2D eigenvalue weighted by atomic mass is 9.97. The fourth-order valence-corrected chi connectivity index (χ4v) is 3.40. The number of carbonyl (C=O) groups is 2. The molecule has 1 fully saturated rings. The highest BCUT2D eigenvalue weighted by Crippen LogP contribution is 2.19. The van der Waals surface area contributed by atoms with Crippen LogP contribution in [0.4, 0.5) is 16.2 Å². The van der Waals surface area contributed by atoms with Crippen molar-refractivity contribution in [2.75, 3.05) is 37.3 Å². The zero-order valence-electron chi connectivity index (χ0n) is 16.0. The summed E-state index contributed by atoms with van der Waals surface area (Å²) in [6.07, 6.45) is 2.20. The minimum atomic E-state index is -0.314. The van der Waals surface area contributed by atoms with Gasteiger partial charge >= 0.3 is 6.03 Å². The third kappa shape index (κ3) is 5.97. The summed E-state index contributed by atoms with van der Waals surface area (Å²) in [6.45, 7) is 2.53. The number of benzene rings is 2. The molecule has 28 heavy (non-hydrogen) atoms. The van der Waals surface area contributed by atoms with Gasteiger partial charge in [0.25, 0.3) is 5.91 Å². The van der Waals surface area contributed by atoms with Crippen molar-refractivity contribution < 1.29 is 9.59 Å². The van der Waals surface area contributed by atoms with Crippen LogP contribution < -0.4 is 16.0 Å². The second-order valence-electron chi connectivity index (χ2n) is 6.84. The van der Waals surface area contributed by atoms with Crippen LogP contribution in [-0.4, -0.2) is 43.5 Å². The van der Waals surface area contributed by atoms with E-state index in [9.17, 15) is 9.59 Å². The molecule has 1 heterocycles. The quantitative estimate of drug-likeness (QED) is 0.711. The number of hydrogen-bond acceptors (Lipinski definition) is 3. The Morgan fingerprint density at radius 2 is 1.64 bits per heavy atom. The molecule has 7 heteroatoms. The molecule has 1 atom stereocenters. The van der Waals surface area contributed by atoms with E-state index < -0.39 is 0 Å². The topological polar surface area (TPSA) is 73.5 Å². The molecule has 0 spiro atoms. The number of anilines is 2. The van der Waals surface area contributed by atoms with E-state index in [2.05, 4.69) is 16.0 Å². The Balaban J connectivity index is 0.00000280. The smallest absolute Gasteiger partial charge is 0.323 e. The average Bonchev–Trinajstić information content (AvgIpc) is 2.69. The van der Waals surface area contributed by atoms with Crippen molar-refractivity contribution in [3.05, 3.63) is 60.2 Å². The van der Waals surface area contributed by atoms with Gasteiger partial charge in [0.2, 0.25) is 0 Å². The fourth-order valence-electron chi connectivity index (χ4n) is 3.40. The van der Waals surface area contributed by atoms with E-state index in [4.69, 9.17) is 0 Å². The van der Waals surface area contributed by atoms with E-state index in [1.54, 1.807) is 24.3 Å². The highest BCUT2D eigenvalue weighted by Gasteiger charge is 2.24. The molecule has 150 valence electrons. The van der Waals surface area contributed by atoms with E-state index in [0.29, 0.717) is 17.2 Å². The first-order valence-corrected chi connectivity index (χ1v) is 9.32. The van der Waals surface area contributed by atoms with Crippen molar-refractivity contribution in [2.45, 2.75) is 12.8 Å². The van der Waals surface area contributed by atoms with Crippen molar-refractivity contribution in [1.29, 1.82) is 0 Å². The van der Waals surface area contributed by atoms with Gasteiger partial charge in [0.15, 0.2) is 0 Å². The van der Waals surface area contributed by atoms with Crippen LogP contribution in [0.2, 0.25) is 0 Å². The summed E-state index contributed by atoms with van der Waals surface area (Å²) in [5, 5.41) is 8.74. The second-order valence-corrected chi connectivity index (χ2v) is 6.84. The third-order valence-corrected chi connectivity index (χ3v) is 4.72. The van der Waals surface area contributed by atoms with Gasteiger partial charge in [-0.25, -0.2) is 4.79 Å². The summed E-state index contributed by atoms with van der Waals surface area (Å²) >= 11 is 0. The van der Waals surface area contributed by atoms with Gasteiger partial charge in [-0.05, 0) is 68.8 Å². The predicted octanol–water partition coefficient (Wildman–Crippen LogP) is 3.82. The number of amides is 3. The molecule has 0 bridgehead atoms. The first kappa shape index (κ1) is 21.7. The molecule has 0 saturated carbocycles. The highest BCUT2D eigenvalue weighted by molar-refractivity contribution is 6.00. The number of nitrogens with one attached hydrogen (secondary N) is 3. The number of piperidine rings is 1. The summed E-state index contributed by atoms with van der Waals surface area (Å²) in [7, 11) is 1.94. The molecule has 3 rings (SSSR count). The number of carbonyl (C=O) groups excluding carboxylic acids is 2. The van der Waals surface area contributed by atoms with Crippen LogP contribution in [0.3, 0.4) is 0 Å². The van der Waals surface area contributed by atoms with Crippen LogP contribution in [0.1, 0.15) is 23.2 Å². The Morgan fingerprint density at radius 1 is 1.00 bits per heavy atom. The van der Waals surface area contributed by atoms with E-state index in [-0.39, 0.29) is 24.3 Å². The maximum absolute atomic E-state index is 12.7. The molecule has 1 unspecified atom stereocenters. The summed E-state index contributed by atoms with van der Waals surface area (Å²) in [4.78, 5) is 26.7. The van der Waals surface area contributed by atoms with Gasteiger partial charge in [0, 0.05) is 30.0 Å². The van der Waals surface area contributed by atoms with Crippen LogP contribution in [0.5, 0.6) is 0 Å². The van der Waals surface area contributed by atoms with E-state index in [0.717, 1.165) is 38.2 Å². The van der Waals surface area contributed by atoms with E-state index in [1.807, 2.05) is 42.3 Å². The molecule has 0 aliphatic carbocycles. The zero-order valence-corrected chi connectivity index (χ0v) is 16.8. The Labute approximate surface area is 172 Å². The number of hydrogen-bond donors (Lipinski definition) is 3. The number of likely N-dealkylation sites (tertiary alicyclic amines) is 1. The molecule has 3 N–H and O–H groups in total.